The van der Waals surface area contributed by atoms with E-state index in [4.69, 9.17) is 4.42 Å². The van der Waals surface area contributed by atoms with E-state index in [9.17, 15) is 14.0 Å². The molecule has 2 unspecified atom stereocenters. The number of amides is 2. The molecule has 0 aliphatic carbocycles. The minimum Gasteiger partial charge on any atom is -0.464 e. The van der Waals surface area contributed by atoms with E-state index in [1.165, 1.54) is 11.0 Å². The van der Waals surface area contributed by atoms with Crippen LogP contribution in [0.5, 0.6) is 0 Å². The van der Waals surface area contributed by atoms with Crippen molar-refractivity contribution < 1.29 is 18.4 Å². The van der Waals surface area contributed by atoms with Gasteiger partial charge in [-0.3, -0.25) is 9.59 Å². The Hall–Kier alpha value is -2.63. The molecule has 1 aliphatic rings. The summed E-state index contributed by atoms with van der Waals surface area (Å²) in [4.78, 5) is 25.9. The molecule has 5 nitrogen and oxygen atoms in total. The number of hydrogen-bond donors (Lipinski definition) is 1. The van der Waals surface area contributed by atoms with Crippen molar-refractivity contribution in [2.45, 2.75) is 26.3 Å². The highest BCUT2D eigenvalue weighted by atomic mass is 19.1. The Balaban J connectivity index is 1.67. The fourth-order valence-corrected chi connectivity index (χ4v) is 2.88. The van der Waals surface area contributed by atoms with E-state index in [-0.39, 0.29) is 36.5 Å². The highest BCUT2D eigenvalue weighted by Gasteiger charge is 2.36. The maximum atomic E-state index is 13.9. The van der Waals surface area contributed by atoms with E-state index in [1.807, 2.05) is 26.0 Å². The number of furan rings is 1. The van der Waals surface area contributed by atoms with Crippen LogP contribution in [0.25, 0.3) is 0 Å². The molecule has 1 aromatic heterocycles. The van der Waals surface area contributed by atoms with Crippen LogP contribution < -0.4 is 10.2 Å². The maximum Gasteiger partial charge on any atom is 0.227 e. The molecule has 0 saturated carbocycles. The Morgan fingerprint density at radius 2 is 2.08 bits per heavy atom. The van der Waals surface area contributed by atoms with Crippen LogP contribution in [0.4, 0.5) is 10.1 Å². The predicted molar refractivity (Wildman–Crippen MR) is 86.9 cm³/mol. The lowest BCUT2D eigenvalue weighted by Gasteiger charge is -2.18. The van der Waals surface area contributed by atoms with Crippen molar-refractivity contribution in [3.8, 4) is 0 Å². The average molecular weight is 330 g/mol. The molecule has 2 aromatic rings. The van der Waals surface area contributed by atoms with Crippen LogP contribution in [-0.2, 0) is 9.59 Å². The first kappa shape index (κ1) is 16.2. The lowest BCUT2D eigenvalue weighted by Crippen LogP contribution is -2.34. The summed E-state index contributed by atoms with van der Waals surface area (Å²) in [5.41, 5.74) is 0.215. The number of hydrogen-bond acceptors (Lipinski definition) is 3. The number of benzene rings is 1. The molecule has 0 bridgehead atoms. The molecular weight excluding hydrogens is 311 g/mol. The highest BCUT2D eigenvalue weighted by molar-refractivity contribution is 6.00. The van der Waals surface area contributed by atoms with E-state index in [1.54, 1.807) is 18.2 Å². The summed E-state index contributed by atoms with van der Waals surface area (Å²) in [5, 5.41) is 2.85. The number of nitrogens with zero attached hydrogens (tertiary/aromatic N) is 1. The van der Waals surface area contributed by atoms with Gasteiger partial charge in [0.05, 0.1) is 17.6 Å². The Bertz CT molecular complexity index is 771. The summed E-state index contributed by atoms with van der Waals surface area (Å²) in [5.74, 6) is -0.0172. The largest absolute Gasteiger partial charge is 0.464 e. The number of halogens is 1. The van der Waals surface area contributed by atoms with Crippen molar-refractivity contribution in [3.63, 3.8) is 0 Å². The third-order valence-electron chi connectivity index (χ3n) is 4.19. The van der Waals surface area contributed by atoms with Crippen LogP contribution in [0.2, 0.25) is 0 Å². The van der Waals surface area contributed by atoms with Gasteiger partial charge in [0, 0.05) is 13.0 Å². The van der Waals surface area contributed by atoms with Crippen molar-refractivity contribution in [2.75, 3.05) is 11.4 Å². The number of anilines is 1. The van der Waals surface area contributed by atoms with E-state index in [2.05, 4.69) is 5.32 Å². The van der Waals surface area contributed by atoms with E-state index in [0.717, 1.165) is 5.76 Å². The number of para-hydroxylation sites is 1. The molecule has 0 spiro atoms. The van der Waals surface area contributed by atoms with Gasteiger partial charge in [0.1, 0.15) is 17.3 Å². The fraction of sp³-hybridized carbons (Fsp3) is 0.333. The minimum absolute atomic E-state index is 0.0735. The average Bonchev–Trinajstić information content (AvgIpc) is 3.14. The number of carbonyl (C=O) groups excluding carboxylic acids is 2. The molecule has 2 heterocycles. The number of aryl methyl sites for hydroxylation is 1. The Kier molecular flexibility index (Phi) is 4.38. The molecule has 1 fully saturated rings. The normalized spacial score (nSPS) is 18.7. The van der Waals surface area contributed by atoms with Gasteiger partial charge in [-0.25, -0.2) is 4.39 Å². The highest BCUT2D eigenvalue weighted by Crippen LogP contribution is 2.28. The van der Waals surface area contributed by atoms with Gasteiger partial charge < -0.3 is 14.6 Å². The van der Waals surface area contributed by atoms with Crippen LogP contribution in [0.1, 0.15) is 30.9 Å². The van der Waals surface area contributed by atoms with E-state index < -0.39 is 11.7 Å². The van der Waals surface area contributed by atoms with Crippen molar-refractivity contribution in [3.05, 3.63) is 53.7 Å². The summed E-state index contributed by atoms with van der Waals surface area (Å²) in [6.07, 6.45) is 0.0735. The van der Waals surface area contributed by atoms with Crippen molar-refractivity contribution in [1.82, 2.24) is 5.32 Å². The molecule has 2 amide bonds. The maximum absolute atomic E-state index is 13.9. The zero-order valence-electron chi connectivity index (χ0n) is 13.6. The zero-order valence-corrected chi connectivity index (χ0v) is 13.6. The van der Waals surface area contributed by atoms with Gasteiger partial charge in [0.2, 0.25) is 11.8 Å². The third kappa shape index (κ3) is 3.18. The number of carbonyl (C=O) groups is 2. The second-order valence-electron chi connectivity index (χ2n) is 6.04. The monoisotopic (exact) mass is 330 g/mol. The van der Waals surface area contributed by atoms with Crippen molar-refractivity contribution >= 4 is 17.5 Å². The van der Waals surface area contributed by atoms with Crippen LogP contribution in [0.3, 0.4) is 0 Å². The quantitative estimate of drug-likeness (QED) is 0.937. The standard InChI is InChI=1S/C18H19FN2O3/c1-11-7-8-16(24-11)12(2)20-18(23)13-9-17(22)21(10-13)15-6-4-3-5-14(15)19/h3-8,12-13H,9-10H2,1-2H3,(H,20,23). The summed E-state index contributed by atoms with van der Waals surface area (Å²) in [6, 6.07) is 9.43. The molecule has 0 radical (unpaired) electrons. The van der Waals surface area contributed by atoms with Gasteiger partial charge >= 0.3 is 0 Å². The number of nitrogens with one attached hydrogen (secondary N) is 1. The van der Waals surface area contributed by atoms with Gasteiger partial charge in [0.15, 0.2) is 0 Å². The second kappa shape index (κ2) is 6.47. The van der Waals surface area contributed by atoms with Crippen LogP contribution >= 0.6 is 0 Å². The Morgan fingerprint density at radius 1 is 1.33 bits per heavy atom. The molecule has 6 heteroatoms. The molecule has 3 rings (SSSR count). The molecule has 1 saturated heterocycles. The first-order valence-electron chi connectivity index (χ1n) is 7.87. The van der Waals surface area contributed by atoms with E-state index in [0.29, 0.717) is 5.76 Å². The Morgan fingerprint density at radius 3 is 2.75 bits per heavy atom. The predicted octanol–water partition coefficient (Wildman–Crippen LogP) is 2.96. The second-order valence-corrected chi connectivity index (χ2v) is 6.04. The summed E-state index contributed by atoms with van der Waals surface area (Å²) in [6.45, 7) is 3.83. The van der Waals surface area contributed by atoms with Gasteiger partial charge in [-0.05, 0) is 38.1 Å². The van der Waals surface area contributed by atoms with Gasteiger partial charge in [-0.15, -0.1) is 0 Å². The van der Waals surface area contributed by atoms with Crippen LogP contribution in [-0.4, -0.2) is 18.4 Å². The number of rotatable bonds is 4. The SMILES string of the molecule is Cc1ccc(C(C)NC(=O)C2CC(=O)N(c3ccccc3F)C2)o1. The first-order valence-corrected chi connectivity index (χ1v) is 7.87. The van der Waals surface area contributed by atoms with E-state index >= 15 is 0 Å². The lowest BCUT2D eigenvalue weighted by molar-refractivity contribution is -0.127. The van der Waals surface area contributed by atoms with Gasteiger partial charge in [0.25, 0.3) is 0 Å². The zero-order chi connectivity index (χ0) is 17.3. The minimum atomic E-state index is -0.504. The van der Waals surface area contributed by atoms with Crippen molar-refractivity contribution in [2.24, 2.45) is 5.92 Å². The molecule has 1 aliphatic heterocycles. The van der Waals surface area contributed by atoms with Crippen LogP contribution in [0.15, 0.2) is 40.8 Å². The topological polar surface area (TPSA) is 62.6 Å². The van der Waals surface area contributed by atoms with Crippen molar-refractivity contribution in [1.29, 1.82) is 0 Å². The first-order chi connectivity index (χ1) is 11.5. The molecule has 1 N–H and O–H groups in total. The molecule has 2 atom stereocenters. The summed E-state index contributed by atoms with van der Waals surface area (Å²) in [7, 11) is 0. The molecule has 126 valence electrons. The smallest absolute Gasteiger partial charge is 0.227 e. The Labute approximate surface area is 139 Å². The molecule has 1 aromatic carbocycles. The lowest BCUT2D eigenvalue weighted by atomic mass is 10.1. The van der Waals surface area contributed by atoms with Gasteiger partial charge in [-0.1, -0.05) is 12.1 Å². The summed E-state index contributed by atoms with van der Waals surface area (Å²) < 4.78 is 19.4. The van der Waals surface area contributed by atoms with Crippen LogP contribution in [0, 0.1) is 18.7 Å². The third-order valence-corrected chi connectivity index (χ3v) is 4.19. The fourth-order valence-electron chi connectivity index (χ4n) is 2.88. The van der Waals surface area contributed by atoms with Gasteiger partial charge in [-0.2, -0.15) is 0 Å². The molecular formula is C18H19FN2O3. The molecule has 24 heavy (non-hydrogen) atoms. The summed E-state index contributed by atoms with van der Waals surface area (Å²) >= 11 is 0.